The van der Waals surface area contributed by atoms with E-state index in [1.807, 2.05) is 0 Å². The van der Waals surface area contributed by atoms with Crippen molar-refractivity contribution in [1.29, 1.82) is 0 Å². The average molecular weight is 302 g/mol. The summed E-state index contributed by atoms with van der Waals surface area (Å²) in [6, 6.07) is 3.14. The number of carboxylic acids is 1. The number of benzene rings is 1. The molecule has 1 N–H and O–H groups in total. The standard InChI is InChI=1S/C14H13F3O4/c15-14(16,17)10-3-9(8-1-2-11(18)4-8)5-12(6-10)21-7-13(19)20/h3,5-6,8H,1-2,4,7H2,(H,19,20). The lowest BCUT2D eigenvalue weighted by Crippen LogP contribution is -2.12. The Bertz CT molecular complexity index is 566. The molecule has 1 aliphatic rings. The van der Waals surface area contributed by atoms with Crippen LogP contribution in [0.15, 0.2) is 18.2 Å². The summed E-state index contributed by atoms with van der Waals surface area (Å²) in [4.78, 5) is 21.7. The van der Waals surface area contributed by atoms with Gasteiger partial charge in [0.05, 0.1) is 5.56 Å². The zero-order chi connectivity index (χ0) is 15.6. The van der Waals surface area contributed by atoms with Crippen LogP contribution >= 0.6 is 0 Å². The van der Waals surface area contributed by atoms with Crippen molar-refractivity contribution in [3.05, 3.63) is 29.3 Å². The smallest absolute Gasteiger partial charge is 0.416 e. The fourth-order valence-electron chi connectivity index (χ4n) is 2.35. The second kappa shape index (κ2) is 5.75. The maximum atomic E-state index is 12.9. The molecule has 0 saturated heterocycles. The number of rotatable bonds is 4. The van der Waals surface area contributed by atoms with Crippen LogP contribution in [0.2, 0.25) is 0 Å². The number of ether oxygens (including phenoxy) is 1. The zero-order valence-corrected chi connectivity index (χ0v) is 10.9. The van der Waals surface area contributed by atoms with Crippen LogP contribution in [0.4, 0.5) is 13.2 Å². The van der Waals surface area contributed by atoms with Crippen molar-refractivity contribution in [3.63, 3.8) is 0 Å². The predicted molar refractivity (Wildman–Crippen MR) is 66.2 cm³/mol. The fraction of sp³-hybridized carbons (Fsp3) is 0.429. The summed E-state index contributed by atoms with van der Waals surface area (Å²) in [5.41, 5.74) is -0.546. The first-order valence-corrected chi connectivity index (χ1v) is 6.34. The maximum absolute atomic E-state index is 12.9. The first-order valence-electron chi connectivity index (χ1n) is 6.34. The molecule has 0 bridgehead atoms. The van der Waals surface area contributed by atoms with E-state index in [1.54, 1.807) is 0 Å². The molecule has 0 amide bonds. The highest BCUT2D eigenvalue weighted by atomic mass is 19.4. The highest BCUT2D eigenvalue weighted by Gasteiger charge is 2.33. The first-order chi connectivity index (χ1) is 9.75. The summed E-state index contributed by atoms with van der Waals surface area (Å²) in [6.07, 6.45) is -3.50. The summed E-state index contributed by atoms with van der Waals surface area (Å²) < 4.78 is 43.5. The van der Waals surface area contributed by atoms with Crippen LogP contribution in [0.1, 0.15) is 36.3 Å². The van der Waals surface area contributed by atoms with Gasteiger partial charge < -0.3 is 9.84 Å². The van der Waals surface area contributed by atoms with Crippen LogP contribution in [0.3, 0.4) is 0 Å². The number of carbonyl (C=O) groups excluding carboxylic acids is 1. The molecular weight excluding hydrogens is 289 g/mol. The number of aliphatic carboxylic acids is 1. The van der Waals surface area contributed by atoms with Gasteiger partial charge in [0, 0.05) is 12.8 Å². The Hall–Kier alpha value is -2.05. The van der Waals surface area contributed by atoms with Crippen LogP contribution in [0.25, 0.3) is 0 Å². The SMILES string of the molecule is O=C(O)COc1cc(C2CCC(=O)C2)cc(C(F)(F)F)c1. The van der Waals surface area contributed by atoms with Gasteiger partial charge in [0.1, 0.15) is 11.5 Å². The third kappa shape index (κ3) is 3.96. The largest absolute Gasteiger partial charge is 0.482 e. The highest BCUT2D eigenvalue weighted by Crippen LogP contribution is 2.38. The van der Waals surface area contributed by atoms with Gasteiger partial charge in [-0.15, -0.1) is 0 Å². The van der Waals surface area contributed by atoms with Gasteiger partial charge in [-0.3, -0.25) is 4.79 Å². The summed E-state index contributed by atoms with van der Waals surface area (Å²) in [5, 5.41) is 8.53. The van der Waals surface area contributed by atoms with E-state index in [9.17, 15) is 22.8 Å². The predicted octanol–water partition coefficient (Wildman–Crippen LogP) is 3.01. The third-order valence-electron chi connectivity index (χ3n) is 3.34. The molecule has 0 radical (unpaired) electrons. The normalized spacial score (nSPS) is 18.8. The quantitative estimate of drug-likeness (QED) is 0.928. The van der Waals surface area contributed by atoms with Crippen molar-refractivity contribution < 1.29 is 32.6 Å². The second-order valence-electron chi connectivity index (χ2n) is 4.95. The van der Waals surface area contributed by atoms with Crippen molar-refractivity contribution >= 4 is 11.8 Å². The summed E-state index contributed by atoms with van der Waals surface area (Å²) in [7, 11) is 0. The molecule has 1 unspecified atom stereocenters. The molecule has 2 rings (SSSR count). The zero-order valence-electron chi connectivity index (χ0n) is 10.9. The number of ketones is 1. The lowest BCUT2D eigenvalue weighted by molar-refractivity contribution is -0.139. The molecule has 1 fully saturated rings. The van der Waals surface area contributed by atoms with Gasteiger partial charge in [0.25, 0.3) is 0 Å². The number of carboxylic acid groups (broad SMARTS) is 1. The topological polar surface area (TPSA) is 63.6 Å². The average Bonchev–Trinajstić information content (AvgIpc) is 2.82. The van der Waals surface area contributed by atoms with Crippen LogP contribution in [0, 0.1) is 0 Å². The van der Waals surface area contributed by atoms with Gasteiger partial charge in [-0.25, -0.2) is 4.79 Å². The van der Waals surface area contributed by atoms with E-state index in [4.69, 9.17) is 9.84 Å². The van der Waals surface area contributed by atoms with Crippen LogP contribution in [0.5, 0.6) is 5.75 Å². The lowest BCUT2D eigenvalue weighted by atomic mass is 9.95. The first kappa shape index (κ1) is 15.3. The molecule has 1 saturated carbocycles. The summed E-state index contributed by atoms with van der Waals surface area (Å²) in [5.74, 6) is -1.68. The molecule has 114 valence electrons. The molecule has 0 aromatic heterocycles. The minimum atomic E-state index is -4.56. The number of hydrogen-bond donors (Lipinski definition) is 1. The Kier molecular flexibility index (Phi) is 4.20. The van der Waals surface area contributed by atoms with Gasteiger partial charge in [0.15, 0.2) is 6.61 Å². The van der Waals surface area contributed by atoms with Crippen molar-refractivity contribution in [2.45, 2.75) is 31.4 Å². The number of alkyl halides is 3. The van der Waals surface area contributed by atoms with Gasteiger partial charge in [-0.1, -0.05) is 0 Å². The monoisotopic (exact) mass is 302 g/mol. The molecule has 1 aromatic rings. The molecule has 4 nitrogen and oxygen atoms in total. The number of hydrogen-bond acceptors (Lipinski definition) is 3. The van der Waals surface area contributed by atoms with Crippen molar-refractivity contribution in [2.24, 2.45) is 0 Å². The van der Waals surface area contributed by atoms with E-state index in [1.165, 1.54) is 6.07 Å². The molecule has 1 atom stereocenters. The lowest BCUT2D eigenvalue weighted by Gasteiger charge is -2.15. The van der Waals surface area contributed by atoms with Gasteiger partial charge >= 0.3 is 12.1 Å². The Morgan fingerprint density at radius 3 is 2.57 bits per heavy atom. The van der Waals surface area contributed by atoms with E-state index in [0.29, 0.717) is 18.4 Å². The second-order valence-corrected chi connectivity index (χ2v) is 4.95. The molecule has 0 heterocycles. The molecule has 1 aliphatic carbocycles. The van der Waals surface area contributed by atoms with E-state index in [0.717, 1.165) is 12.1 Å². The van der Waals surface area contributed by atoms with Gasteiger partial charge in [0.2, 0.25) is 0 Å². The number of halogens is 3. The summed E-state index contributed by atoms with van der Waals surface area (Å²) in [6.45, 7) is -0.718. The molecular formula is C14H13F3O4. The van der Waals surface area contributed by atoms with Crippen molar-refractivity contribution in [1.82, 2.24) is 0 Å². The molecule has 21 heavy (non-hydrogen) atoms. The van der Waals surface area contributed by atoms with Crippen molar-refractivity contribution in [2.75, 3.05) is 6.61 Å². The summed E-state index contributed by atoms with van der Waals surface area (Å²) >= 11 is 0. The number of Topliss-reactive ketones (excluding diaryl/α,β-unsaturated/α-hetero) is 1. The van der Waals surface area contributed by atoms with E-state index in [-0.39, 0.29) is 23.9 Å². The molecule has 0 spiro atoms. The van der Waals surface area contributed by atoms with E-state index < -0.39 is 24.3 Å². The van der Waals surface area contributed by atoms with Gasteiger partial charge in [-0.05, 0) is 36.1 Å². The van der Waals surface area contributed by atoms with E-state index >= 15 is 0 Å². The Balaban J connectivity index is 2.32. The minimum Gasteiger partial charge on any atom is -0.482 e. The number of carbonyl (C=O) groups is 2. The highest BCUT2D eigenvalue weighted by molar-refractivity contribution is 5.81. The Morgan fingerprint density at radius 1 is 1.33 bits per heavy atom. The maximum Gasteiger partial charge on any atom is 0.416 e. The van der Waals surface area contributed by atoms with Gasteiger partial charge in [-0.2, -0.15) is 13.2 Å². The van der Waals surface area contributed by atoms with Crippen LogP contribution < -0.4 is 4.74 Å². The van der Waals surface area contributed by atoms with Crippen LogP contribution in [-0.2, 0) is 15.8 Å². The fourth-order valence-corrected chi connectivity index (χ4v) is 2.35. The minimum absolute atomic E-state index is 0.0189. The molecule has 1 aromatic carbocycles. The van der Waals surface area contributed by atoms with E-state index in [2.05, 4.69) is 0 Å². The Labute approximate surface area is 118 Å². The van der Waals surface area contributed by atoms with Crippen LogP contribution in [-0.4, -0.2) is 23.5 Å². The Morgan fingerprint density at radius 2 is 2.05 bits per heavy atom. The molecule has 7 heteroatoms. The van der Waals surface area contributed by atoms with Crippen molar-refractivity contribution in [3.8, 4) is 5.75 Å². The third-order valence-corrected chi connectivity index (χ3v) is 3.34. The molecule has 0 aliphatic heterocycles.